The maximum atomic E-state index is 10.8. The van der Waals surface area contributed by atoms with Gasteiger partial charge < -0.3 is 10.2 Å². The van der Waals surface area contributed by atoms with E-state index in [1.807, 2.05) is 0 Å². The average molecular weight is 275 g/mol. The second kappa shape index (κ2) is 6.51. The summed E-state index contributed by atoms with van der Waals surface area (Å²) in [5.41, 5.74) is 0.0647. The van der Waals surface area contributed by atoms with Crippen molar-refractivity contribution in [3.05, 3.63) is 28.8 Å². The van der Waals surface area contributed by atoms with Gasteiger partial charge in [-0.25, -0.2) is 4.79 Å². The monoisotopic (exact) mass is 274 g/mol. The Hall–Kier alpha value is -1.20. The molecule has 1 aromatic carbocycles. The minimum absolute atomic E-state index is 0.0647. The van der Waals surface area contributed by atoms with Crippen LogP contribution >= 0.6 is 23.4 Å². The summed E-state index contributed by atoms with van der Waals surface area (Å²) in [4.78, 5) is 21.9. The van der Waals surface area contributed by atoms with Gasteiger partial charge in [0.25, 0.3) is 0 Å². The van der Waals surface area contributed by atoms with Crippen LogP contribution in [0.1, 0.15) is 23.2 Å². The molecule has 0 aliphatic rings. The number of halogens is 1. The molecule has 0 amide bonds. The lowest BCUT2D eigenvalue weighted by Gasteiger charge is -2.03. The molecule has 6 heteroatoms. The third-order valence-corrected chi connectivity index (χ3v) is 3.38. The number of carboxylic acids is 2. The van der Waals surface area contributed by atoms with Gasteiger partial charge in [-0.3, -0.25) is 4.79 Å². The van der Waals surface area contributed by atoms with E-state index < -0.39 is 11.9 Å². The third kappa shape index (κ3) is 4.66. The summed E-state index contributed by atoms with van der Waals surface area (Å²) in [6.45, 7) is 0. The lowest BCUT2D eigenvalue weighted by molar-refractivity contribution is -0.137. The van der Waals surface area contributed by atoms with Crippen molar-refractivity contribution in [3.8, 4) is 0 Å². The van der Waals surface area contributed by atoms with Crippen LogP contribution in [0.15, 0.2) is 23.1 Å². The van der Waals surface area contributed by atoms with Gasteiger partial charge in [-0.05, 0) is 30.4 Å². The number of benzene rings is 1. The van der Waals surface area contributed by atoms with E-state index >= 15 is 0 Å². The van der Waals surface area contributed by atoms with Gasteiger partial charge in [-0.1, -0.05) is 11.6 Å². The quantitative estimate of drug-likeness (QED) is 0.616. The Labute approximate surface area is 108 Å². The van der Waals surface area contributed by atoms with E-state index in [2.05, 4.69) is 0 Å². The molecule has 0 aliphatic heterocycles. The number of aliphatic carboxylic acids is 1. The van der Waals surface area contributed by atoms with Gasteiger partial charge in [-0.2, -0.15) is 0 Å². The second-order valence-electron chi connectivity index (χ2n) is 3.29. The number of aromatic carboxylic acids is 1. The molecule has 0 heterocycles. The predicted molar refractivity (Wildman–Crippen MR) is 66.0 cm³/mol. The minimum atomic E-state index is -1.07. The highest BCUT2D eigenvalue weighted by molar-refractivity contribution is 7.99. The van der Waals surface area contributed by atoms with Crippen molar-refractivity contribution in [1.82, 2.24) is 0 Å². The second-order valence-corrected chi connectivity index (χ2v) is 4.87. The topological polar surface area (TPSA) is 74.6 Å². The van der Waals surface area contributed by atoms with Crippen molar-refractivity contribution in [2.45, 2.75) is 17.7 Å². The summed E-state index contributed by atoms with van der Waals surface area (Å²) in [5.74, 6) is -1.26. The van der Waals surface area contributed by atoms with Crippen LogP contribution < -0.4 is 0 Å². The van der Waals surface area contributed by atoms with Crippen LogP contribution in [0.25, 0.3) is 0 Å². The average Bonchev–Trinajstić information content (AvgIpc) is 2.25. The zero-order valence-corrected chi connectivity index (χ0v) is 10.4. The van der Waals surface area contributed by atoms with Crippen molar-refractivity contribution in [2.24, 2.45) is 0 Å². The fourth-order valence-corrected chi connectivity index (χ4v) is 2.26. The first-order valence-electron chi connectivity index (χ1n) is 4.88. The number of rotatable bonds is 6. The highest BCUT2D eigenvalue weighted by atomic mass is 35.5. The van der Waals surface area contributed by atoms with E-state index in [4.69, 9.17) is 21.8 Å². The van der Waals surface area contributed by atoms with Crippen LogP contribution in [0.4, 0.5) is 0 Å². The van der Waals surface area contributed by atoms with Crippen molar-refractivity contribution < 1.29 is 19.8 Å². The Balaban J connectivity index is 2.57. The van der Waals surface area contributed by atoms with Gasteiger partial charge >= 0.3 is 11.9 Å². The van der Waals surface area contributed by atoms with Crippen molar-refractivity contribution in [1.29, 1.82) is 0 Å². The van der Waals surface area contributed by atoms with E-state index in [-0.39, 0.29) is 17.0 Å². The maximum Gasteiger partial charge on any atom is 0.337 e. The molecule has 0 spiro atoms. The number of carbonyl (C=O) groups is 2. The molecular weight excluding hydrogens is 264 g/mol. The number of hydrogen-bond donors (Lipinski definition) is 2. The Morgan fingerprint density at radius 2 is 2.00 bits per heavy atom. The smallest absolute Gasteiger partial charge is 0.337 e. The van der Waals surface area contributed by atoms with Gasteiger partial charge in [0, 0.05) is 11.3 Å². The van der Waals surface area contributed by atoms with Gasteiger partial charge in [0.05, 0.1) is 10.6 Å². The molecule has 1 aromatic rings. The summed E-state index contributed by atoms with van der Waals surface area (Å²) in [5, 5.41) is 17.5. The number of thioether (sulfide) groups is 1. The molecule has 2 N–H and O–H groups in total. The summed E-state index contributed by atoms with van der Waals surface area (Å²) >= 11 is 7.14. The van der Waals surface area contributed by atoms with Crippen LogP contribution in [0.3, 0.4) is 0 Å². The zero-order chi connectivity index (χ0) is 12.8. The molecule has 0 bridgehead atoms. The van der Waals surface area contributed by atoms with Crippen LogP contribution in [0.5, 0.6) is 0 Å². The Morgan fingerprint density at radius 3 is 2.59 bits per heavy atom. The normalized spacial score (nSPS) is 10.2. The summed E-state index contributed by atoms with van der Waals surface area (Å²) in [6, 6.07) is 4.75. The third-order valence-electron chi connectivity index (χ3n) is 1.97. The SMILES string of the molecule is O=C(O)CCCSc1ccc(Cl)c(C(=O)O)c1. The maximum absolute atomic E-state index is 10.8. The van der Waals surface area contributed by atoms with E-state index in [0.29, 0.717) is 12.2 Å². The lowest BCUT2D eigenvalue weighted by Crippen LogP contribution is -1.98. The first-order valence-corrected chi connectivity index (χ1v) is 6.24. The van der Waals surface area contributed by atoms with Gasteiger partial charge in [0.15, 0.2) is 0 Å². The highest BCUT2D eigenvalue weighted by Crippen LogP contribution is 2.25. The fraction of sp³-hybridized carbons (Fsp3) is 0.273. The van der Waals surface area contributed by atoms with Crippen molar-refractivity contribution >= 4 is 35.3 Å². The molecule has 0 fully saturated rings. The summed E-state index contributed by atoms with van der Waals surface area (Å²) < 4.78 is 0. The Morgan fingerprint density at radius 1 is 1.29 bits per heavy atom. The first-order chi connectivity index (χ1) is 8.00. The Kier molecular flexibility index (Phi) is 5.31. The molecular formula is C11H11ClO4S. The molecule has 92 valence electrons. The predicted octanol–water partition coefficient (Wildman–Crippen LogP) is 3.00. The molecule has 0 unspecified atom stereocenters. The summed E-state index contributed by atoms with van der Waals surface area (Å²) in [6.07, 6.45) is 0.664. The number of carboxylic acid groups (broad SMARTS) is 2. The Bertz CT molecular complexity index is 433. The molecule has 0 saturated carbocycles. The number of hydrogen-bond acceptors (Lipinski definition) is 3. The molecule has 4 nitrogen and oxygen atoms in total. The minimum Gasteiger partial charge on any atom is -0.481 e. The largest absolute Gasteiger partial charge is 0.481 e. The van der Waals surface area contributed by atoms with E-state index in [1.165, 1.54) is 23.9 Å². The molecule has 0 saturated heterocycles. The zero-order valence-electron chi connectivity index (χ0n) is 8.85. The highest BCUT2D eigenvalue weighted by Gasteiger charge is 2.09. The summed E-state index contributed by atoms with van der Waals surface area (Å²) in [7, 11) is 0. The fourth-order valence-electron chi connectivity index (χ4n) is 1.17. The van der Waals surface area contributed by atoms with Crippen LogP contribution in [0, 0.1) is 0 Å². The lowest BCUT2D eigenvalue weighted by atomic mass is 10.2. The van der Waals surface area contributed by atoms with Gasteiger partial charge in [0.1, 0.15) is 0 Å². The molecule has 17 heavy (non-hydrogen) atoms. The molecule has 0 aliphatic carbocycles. The van der Waals surface area contributed by atoms with E-state index in [9.17, 15) is 9.59 Å². The van der Waals surface area contributed by atoms with Crippen LogP contribution in [0.2, 0.25) is 5.02 Å². The van der Waals surface area contributed by atoms with E-state index in [1.54, 1.807) is 6.07 Å². The first kappa shape index (κ1) is 13.9. The molecule has 0 aromatic heterocycles. The van der Waals surface area contributed by atoms with Crippen LogP contribution in [-0.4, -0.2) is 27.9 Å². The molecule has 0 radical (unpaired) electrons. The van der Waals surface area contributed by atoms with Crippen molar-refractivity contribution in [2.75, 3.05) is 5.75 Å². The molecule has 1 rings (SSSR count). The van der Waals surface area contributed by atoms with Crippen molar-refractivity contribution in [3.63, 3.8) is 0 Å². The van der Waals surface area contributed by atoms with Gasteiger partial charge in [-0.15, -0.1) is 11.8 Å². The van der Waals surface area contributed by atoms with Crippen LogP contribution in [-0.2, 0) is 4.79 Å². The van der Waals surface area contributed by atoms with E-state index in [0.717, 1.165) is 4.90 Å². The molecule has 0 atom stereocenters. The standard InChI is InChI=1S/C11H11ClO4S/c12-9-4-3-7(6-8(9)11(15)16)17-5-1-2-10(13)14/h3-4,6H,1-2,5H2,(H,13,14)(H,15,16). The van der Waals surface area contributed by atoms with Gasteiger partial charge in [0.2, 0.25) is 0 Å².